The van der Waals surface area contributed by atoms with Crippen LogP contribution in [0.2, 0.25) is 5.02 Å². The number of rotatable bonds is 5. The van der Waals surface area contributed by atoms with E-state index in [1.54, 1.807) is 14.1 Å². The summed E-state index contributed by atoms with van der Waals surface area (Å²) in [6, 6.07) is 0. The lowest BCUT2D eigenvalue weighted by molar-refractivity contribution is 0.457. The minimum atomic E-state index is -3.57. The zero-order chi connectivity index (χ0) is 12.3. The third kappa shape index (κ3) is 2.54. The molecule has 0 bridgehead atoms. The lowest BCUT2D eigenvalue weighted by Crippen LogP contribution is -2.34. The first-order chi connectivity index (χ1) is 7.41. The van der Waals surface area contributed by atoms with Gasteiger partial charge in [0.05, 0.1) is 11.2 Å². The van der Waals surface area contributed by atoms with E-state index < -0.39 is 10.0 Å². The van der Waals surface area contributed by atoms with Gasteiger partial charge in [0.1, 0.15) is 0 Å². The molecule has 0 radical (unpaired) electrons. The number of aromatic nitrogens is 2. The molecule has 16 heavy (non-hydrogen) atoms. The van der Waals surface area contributed by atoms with Crippen molar-refractivity contribution in [1.29, 1.82) is 0 Å². The van der Waals surface area contributed by atoms with Crippen LogP contribution in [0.4, 0.5) is 0 Å². The van der Waals surface area contributed by atoms with Gasteiger partial charge in [0.2, 0.25) is 0 Å². The molecule has 1 aromatic rings. The first-order valence-corrected chi connectivity index (χ1v) is 6.51. The third-order valence-electron chi connectivity index (χ3n) is 2.17. The Morgan fingerprint density at radius 2 is 2.25 bits per heavy atom. The SMILES string of the molecule is CNCCN(C)S(=O)(=O)c1c(Cl)cnn1C. The van der Waals surface area contributed by atoms with E-state index in [-0.39, 0.29) is 10.0 Å². The van der Waals surface area contributed by atoms with E-state index in [1.165, 1.54) is 22.2 Å². The Kier molecular flexibility index (Phi) is 4.31. The molecule has 0 saturated heterocycles. The van der Waals surface area contributed by atoms with Gasteiger partial charge in [-0.15, -0.1) is 0 Å². The highest BCUT2D eigenvalue weighted by Crippen LogP contribution is 2.22. The van der Waals surface area contributed by atoms with Gasteiger partial charge in [-0.25, -0.2) is 8.42 Å². The minimum Gasteiger partial charge on any atom is -0.318 e. The van der Waals surface area contributed by atoms with Crippen LogP contribution in [0.3, 0.4) is 0 Å². The van der Waals surface area contributed by atoms with Crippen LogP contribution in [0.15, 0.2) is 11.2 Å². The van der Waals surface area contributed by atoms with E-state index in [2.05, 4.69) is 10.4 Å². The summed E-state index contributed by atoms with van der Waals surface area (Å²) >= 11 is 5.80. The van der Waals surface area contributed by atoms with Crippen LogP contribution in [0.1, 0.15) is 0 Å². The fourth-order valence-corrected chi connectivity index (χ4v) is 2.99. The maximum atomic E-state index is 12.1. The van der Waals surface area contributed by atoms with Crippen molar-refractivity contribution in [2.75, 3.05) is 27.2 Å². The second kappa shape index (κ2) is 5.13. The topological polar surface area (TPSA) is 67.2 Å². The fourth-order valence-electron chi connectivity index (χ4n) is 1.23. The van der Waals surface area contributed by atoms with E-state index in [9.17, 15) is 8.42 Å². The average molecular weight is 267 g/mol. The monoisotopic (exact) mass is 266 g/mol. The molecule has 0 aliphatic rings. The molecule has 0 spiro atoms. The normalized spacial score (nSPS) is 12.3. The molecule has 0 saturated carbocycles. The number of nitrogens with zero attached hydrogens (tertiary/aromatic N) is 3. The summed E-state index contributed by atoms with van der Waals surface area (Å²) in [5.74, 6) is 0. The first-order valence-electron chi connectivity index (χ1n) is 4.69. The Hall–Kier alpha value is -0.630. The Bertz CT molecular complexity index is 437. The van der Waals surface area contributed by atoms with Gasteiger partial charge in [0.25, 0.3) is 10.0 Å². The molecule has 0 amide bonds. The number of aryl methyl sites for hydroxylation is 1. The molecule has 1 aromatic heterocycles. The van der Waals surface area contributed by atoms with Crippen LogP contribution in [-0.2, 0) is 17.1 Å². The number of halogens is 1. The maximum Gasteiger partial charge on any atom is 0.261 e. The lowest BCUT2D eigenvalue weighted by Gasteiger charge is -2.16. The van der Waals surface area contributed by atoms with Crippen LogP contribution in [-0.4, -0.2) is 49.7 Å². The fraction of sp³-hybridized carbons (Fsp3) is 0.625. The number of hydrogen-bond acceptors (Lipinski definition) is 4. The van der Waals surface area contributed by atoms with E-state index >= 15 is 0 Å². The van der Waals surface area contributed by atoms with Crippen LogP contribution in [0, 0.1) is 0 Å². The van der Waals surface area contributed by atoms with Crippen molar-refractivity contribution >= 4 is 21.6 Å². The molecular formula is C8H15ClN4O2S. The average Bonchev–Trinajstić information content (AvgIpc) is 2.55. The van der Waals surface area contributed by atoms with Gasteiger partial charge in [-0.3, -0.25) is 4.68 Å². The predicted molar refractivity (Wildman–Crippen MR) is 62.0 cm³/mol. The van der Waals surface area contributed by atoms with Crippen LogP contribution in [0.25, 0.3) is 0 Å². The molecule has 0 aliphatic heterocycles. The van der Waals surface area contributed by atoms with Gasteiger partial charge in [0.15, 0.2) is 5.03 Å². The highest BCUT2D eigenvalue weighted by atomic mass is 35.5. The molecule has 8 heteroatoms. The number of nitrogens with one attached hydrogen (secondary N) is 1. The molecule has 0 unspecified atom stereocenters. The molecule has 92 valence electrons. The molecule has 0 atom stereocenters. The predicted octanol–water partition coefficient (Wildman–Crippen LogP) is -0.0866. The Morgan fingerprint density at radius 3 is 2.69 bits per heavy atom. The zero-order valence-corrected chi connectivity index (χ0v) is 11.0. The Morgan fingerprint density at radius 1 is 1.62 bits per heavy atom. The molecule has 1 N–H and O–H groups in total. The zero-order valence-electron chi connectivity index (χ0n) is 9.44. The van der Waals surface area contributed by atoms with E-state index in [4.69, 9.17) is 11.6 Å². The molecule has 1 rings (SSSR count). The highest BCUT2D eigenvalue weighted by molar-refractivity contribution is 7.89. The number of sulfonamides is 1. The quantitative estimate of drug-likeness (QED) is 0.809. The summed E-state index contributed by atoms with van der Waals surface area (Å²) < 4.78 is 26.7. The summed E-state index contributed by atoms with van der Waals surface area (Å²) in [5, 5.41) is 6.85. The largest absolute Gasteiger partial charge is 0.318 e. The molecule has 0 aromatic carbocycles. The van der Waals surface area contributed by atoms with Crippen molar-refractivity contribution in [3.8, 4) is 0 Å². The number of hydrogen-bond donors (Lipinski definition) is 1. The second-order valence-corrected chi connectivity index (χ2v) is 5.72. The standard InChI is InChI=1S/C8H15ClN4O2S/c1-10-4-5-12(2)16(14,15)8-7(9)6-11-13(8)3/h6,10H,4-5H2,1-3H3. The summed E-state index contributed by atoms with van der Waals surface area (Å²) in [5.41, 5.74) is 0. The summed E-state index contributed by atoms with van der Waals surface area (Å²) in [7, 11) is 1.25. The van der Waals surface area contributed by atoms with Crippen molar-refractivity contribution in [3.63, 3.8) is 0 Å². The van der Waals surface area contributed by atoms with Crippen molar-refractivity contribution < 1.29 is 8.42 Å². The van der Waals surface area contributed by atoms with Gasteiger partial charge < -0.3 is 5.32 Å². The summed E-state index contributed by atoms with van der Waals surface area (Å²) in [4.78, 5) is 0. The summed E-state index contributed by atoms with van der Waals surface area (Å²) in [6.45, 7) is 0.950. The van der Waals surface area contributed by atoms with Crippen LogP contribution < -0.4 is 5.32 Å². The highest BCUT2D eigenvalue weighted by Gasteiger charge is 2.26. The Balaban J connectivity index is 3.02. The van der Waals surface area contributed by atoms with Crippen LogP contribution in [0.5, 0.6) is 0 Å². The molecule has 1 heterocycles. The molecule has 0 aliphatic carbocycles. The first kappa shape index (κ1) is 13.4. The van der Waals surface area contributed by atoms with E-state index in [0.29, 0.717) is 13.1 Å². The van der Waals surface area contributed by atoms with Gasteiger partial charge in [-0.05, 0) is 7.05 Å². The lowest BCUT2D eigenvalue weighted by atomic mass is 10.6. The maximum absolute atomic E-state index is 12.1. The molecular weight excluding hydrogens is 252 g/mol. The van der Waals surface area contributed by atoms with Crippen molar-refractivity contribution in [1.82, 2.24) is 19.4 Å². The van der Waals surface area contributed by atoms with Gasteiger partial charge in [0, 0.05) is 27.2 Å². The van der Waals surface area contributed by atoms with Gasteiger partial charge in [-0.2, -0.15) is 9.40 Å². The molecule has 0 fully saturated rings. The Labute approximate surface area is 100 Å². The van der Waals surface area contributed by atoms with E-state index in [1.807, 2.05) is 0 Å². The van der Waals surface area contributed by atoms with Crippen molar-refractivity contribution in [3.05, 3.63) is 11.2 Å². The van der Waals surface area contributed by atoms with Crippen molar-refractivity contribution in [2.24, 2.45) is 7.05 Å². The molecule has 6 nitrogen and oxygen atoms in total. The minimum absolute atomic E-state index is 0.0211. The van der Waals surface area contributed by atoms with Crippen LogP contribution >= 0.6 is 11.6 Å². The van der Waals surface area contributed by atoms with Gasteiger partial charge in [-0.1, -0.05) is 11.6 Å². The van der Waals surface area contributed by atoms with Crippen molar-refractivity contribution in [2.45, 2.75) is 5.03 Å². The van der Waals surface area contributed by atoms with E-state index in [0.717, 1.165) is 0 Å². The smallest absolute Gasteiger partial charge is 0.261 e. The van der Waals surface area contributed by atoms with Gasteiger partial charge >= 0.3 is 0 Å². The summed E-state index contributed by atoms with van der Waals surface area (Å²) in [6.07, 6.45) is 1.32. The second-order valence-electron chi connectivity index (χ2n) is 3.35. The number of likely N-dealkylation sites (N-methyl/N-ethyl adjacent to an activating group) is 2. The third-order valence-corrected chi connectivity index (χ3v) is 4.54.